The van der Waals surface area contributed by atoms with Crippen LogP contribution < -0.4 is 11.2 Å². The van der Waals surface area contributed by atoms with Gasteiger partial charge < -0.3 is 11.2 Å². The summed E-state index contributed by atoms with van der Waals surface area (Å²) in [6.45, 7) is 8.00. The molecule has 0 saturated heterocycles. The van der Waals surface area contributed by atoms with Gasteiger partial charge in [-0.15, -0.1) is 10.2 Å². The maximum absolute atomic E-state index is 13.7. The summed E-state index contributed by atoms with van der Waals surface area (Å²) in [4.78, 5) is 12.4. The number of nitrogens with two attached hydrogens (primary N) is 1. The summed E-state index contributed by atoms with van der Waals surface area (Å²) in [5.41, 5.74) is 1.78. The second-order valence-electron chi connectivity index (χ2n) is 7.88. The van der Waals surface area contributed by atoms with Gasteiger partial charge in [-0.2, -0.15) is 0 Å². The van der Waals surface area contributed by atoms with Gasteiger partial charge in [0, 0.05) is 11.6 Å². The molecule has 6 nitrogen and oxygen atoms in total. The number of halogens is 2. The molecule has 0 saturated carbocycles. The van der Waals surface area contributed by atoms with Crippen molar-refractivity contribution in [3.8, 4) is 11.4 Å². The smallest absolute Gasteiger partial charge is 0.237 e. The average Bonchev–Trinajstić information content (AvgIpc) is 3.04. The number of nitrogens with zero attached hydrogens (tertiary/aromatic N) is 3. The molecular weight excluding hydrogens is 408 g/mol. The quantitative estimate of drug-likeness (QED) is 0.463. The van der Waals surface area contributed by atoms with E-state index in [0.29, 0.717) is 11.0 Å². The van der Waals surface area contributed by atoms with E-state index in [0.717, 1.165) is 35.5 Å². The summed E-state index contributed by atoms with van der Waals surface area (Å²) in [6.07, 6.45) is 0. The third-order valence-corrected chi connectivity index (χ3v) is 5.57. The number of nitrogen functional groups attached to an aromatic ring is 1. The third kappa shape index (κ3) is 4.79. The zero-order chi connectivity index (χ0) is 22.1. The van der Waals surface area contributed by atoms with E-state index in [-0.39, 0.29) is 11.1 Å². The summed E-state index contributed by atoms with van der Waals surface area (Å²) in [5, 5.41) is 10.2. The minimum atomic E-state index is -0.718. The molecule has 9 heteroatoms. The molecule has 2 aromatic carbocycles. The Hall–Kier alpha value is -2.94. The van der Waals surface area contributed by atoms with Crippen LogP contribution in [0.25, 0.3) is 11.4 Å². The van der Waals surface area contributed by atoms with Gasteiger partial charge in [0.2, 0.25) is 11.1 Å². The van der Waals surface area contributed by atoms with E-state index in [1.165, 1.54) is 10.2 Å². The van der Waals surface area contributed by atoms with E-state index in [1.54, 1.807) is 6.92 Å². The first-order valence-electron chi connectivity index (χ1n) is 9.30. The van der Waals surface area contributed by atoms with Crippen molar-refractivity contribution in [1.82, 2.24) is 14.9 Å². The van der Waals surface area contributed by atoms with Gasteiger partial charge in [-0.3, -0.25) is 4.79 Å². The van der Waals surface area contributed by atoms with Gasteiger partial charge in [-0.25, -0.2) is 13.5 Å². The highest BCUT2D eigenvalue weighted by molar-refractivity contribution is 8.00. The van der Waals surface area contributed by atoms with Crippen LogP contribution in [0.1, 0.15) is 33.3 Å². The predicted octanol–water partition coefficient (Wildman–Crippen LogP) is 4.35. The maximum Gasteiger partial charge on any atom is 0.237 e. The number of thioether (sulfide) groups is 1. The zero-order valence-electron chi connectivity index (χ0n) is 17.1. The number of rotatable bonds is 5. The molecular formula is C21H23F2N5OS. The van der Waals surface area contributed by atoms with E-state index in [9.17, 15) is 13.6 Å². The molecule has 1 unspecified atom stereocenters. The standard InChI is InChI=1S/C21H23F2N5OS/c1-12(19(29)25-17-11-15(22)9-10-16(17)23)30-20-27-26-18(28(20)24)13-5-7-14(8-6-13)21(2,3)4/h5-12H,24H2,1-4H3,(H,25,29). The third-order valence-electron chi connectivity index (χ3n) is 4.51. The average molecular weight is 432 g/mol. The van der Waals surface area contributed by atoms with E-state index in [2.05, 4.69) is 36.3 Å². The normalized spacial score (nSPS) is 12.6. The molecule has 3 rings (SSSR count). The number of anilines is 1. The van der Waals surface area contributed by atoms with E-state index in [1.807, 2.05) is 24.3 Å². The Kier molecular flexibility index (Phi) is 6.12. The van der Waals surface area contributed by atoms with Crippen molar-refractivity contribution in [2.45, 2.75) is 43.5 Å². The summed E-state index contributed by atoms with van der Waals surface area (Å²) < 4.78 is 28.3. The molecule has 0 radical (unpaired) electrons. The molecule has 3 N–H and O–H groups in total. The first-order valence-corrected chi connectivity index (χ1v) is 10.2. The molecule has 158 valence electrons. The largest absolute Gasteiger partial charge is 0.335 e. The lowest BCUT2D eigenvalue weighted by Gasteiger charge is -2.19. The molecule has 30 heavy (non-hydrogen) atoms. The topological polar surface area (TPSA) is 85.8 Å². The van der Waals surface area contributed by atoms with Crippen molar-refractivity contribution < 1.29 is 13.6 Å². The summed E-state index contributed by atoms with van der Waals surface area (Å²) in [6, 6.07) is 10.7. The fourth-order valence-electron chi connectivity index (χ4n) is 2.71. The predicted molar refractivity (Wildman–Crippen MR) is 115 cm³/mol. The Morgan fingerprint density at radius 3 is 2.43 bits per heavy atom. The fraction of sp³-hybridized carbons (Fsp3) is 0.286. The monoisotopic (exact) mass is 431 g/mol. The van der Waals surface area contributed by atoms with Gasteiger partial charge in [0.15, 0.2) is 5.82 Å². The van der Waals surface area contributed by atoms with Crippen molar-refractivity contribution >= 4 is 23.4 Å². The van der Waals surface area contributed by atoms with Crippen LogP contribution in [0.3, 0.4) is 0 Å². The lowest BCUT2D eigenvalue weighted by atomic mass is 9.87. The molecule has 1 heterocycles. The van der Waals surface area contributed by atoms with Crippen molar-refractivity contribution in [3.63, 3.8) is 0 Å². The molecule has 0 spiro atoms. The number of hydrogen-bond donors (Lipinski definition) is 2. The Morgan fingerprint density at radius 1 is 1.13 bits per heavy atom. The van der Waals surface area contributed by atoms with Crippen molar-refractivity contribution in [3.05, 3.63) is 59.7 Å². The van der Waals surface area contributed by atoms with Gasteiger partial charge in [-0.1, -0.05) is 56.8 Å². The van der Waals surface area contributed by atoms with Gasteiger partial charge in [0.25, 0.3) is 0 Å². The van der Waals surface area contributed by atoms with Crippen molar-refractivity contribution in [1.29, 1.82) is 0 Å². The molecule has 0 fully saturated rings. The number of carbonyl (C=O) groups is 1. The second kappa shape index (κ2) is 8.43. The van der Waals surface area contributed by atoms with Crippen LogP contribution in [0.15, 0.2) is 47.6 Å². The van der Waals surface area contributed by atoms with Crippen LogP contribution in [0.4, 0.5) is 14.5 Å². The molecule has 3 aromatic rings. The van der Waals surface area contributed by atoms with Crippen LogP contribution in [0, 0.1) is 11.6 Å². The Morgan fingerprint density at radius 2 is 1.80 bits per heavy atom. The number of benzene rings is 2. The molecule has 1 atom stereocenters. The zero-order valence-corrected chi connectivity index (χ0v) is 17.9. The Bertz CT molecular complexity index is 1060. The Balaban J connectivity index is 1.72. The van der Waals surface area contributed by atoms with Crippen molar-refractivity contribution in [2.24, 2.45) is 0 Å². The molecule has 1 amide bonds. The van der Waals surface area contributed by atoms with Crippen LogP contribution >= 0.6 is 11.8 Å². The van der Waals surface area contributed by atoms with Gasteiger partial charge >= 0.3 is 0 Å². The minimum absolute atomic E-state index is 0.0276. The molecule has 0 aliphatic rings. The van der Waals surface area contributed by atoms with Crippen LogP contribution in [0.5, 0.6) is 0 Å². The van der Waals surface area contributed by atoms with Crippen LogP contribution in [-0.2, 0) is 10.2 Å². The van der Waals surface area contributed by atoms with E-state index >= 15 is 0 Å². The maximum atomic E-state index is 13.7. The van der Waals surface area contributed by atoms with Gasteiger partial charge in [0.05, 0.1) is 10.9 Å². The summed E-state index contributed by atoms with van der Waals surface area (Å²) in [7, 11) is 0. The van der Waals surface area contributed by atoms with Crippen LogP contribution in [-0.4, -0.2) is 26.0 Å². The second-order valence-corrected chi connectivity index (χ2v) is 9.18. The highest BCUT2D eigenvalue weighted by Crippen LogP contribution is 2.28. The molecule has 0 aliphatic carbocycles. The number of aromatic nitrogens is 3. The Labute approximate surface area is 177 Å². The van der Waals surface area contributed by atoms with Crippen molar-refractivity contribution in [2.75, 3.05) is 11.2 Å². The van der Waals surface area contributed by atoms with Gasteiger partial charge in [0.1, 0.15) is 11.6 Å². The van der Waals surface area contributed by atoms with Gasteiger partial charge in [-0.05, 0) is 30.0 Å². The SMILES string of the molecule is CC(Sc1nnc(-c2ccc(C(C)(C)C)cc2)n1N)C(=O)Nc1cc(F)ccc1F. The van der Waals surface area contributed by atoms with Crippen LogP contribution in [0.2, 0.25) is 0 Å². The fourth-order valence-corrected chi connectivity index (χ4v) is 3.48. The number of nitrogens with one attached hydrogen (secondary N) is 1. The lowest BCUT2D eigenvalue weighted by Crippen LogP contribution is -2.24. The number of hydrogen-bond acceptors (Lipinski definition) is 5. The lowest BCUT2D eigenvalue weighted by molar-refractivity contribution is -0.115. The number of carbonyl (C=O) groups excluding carboxylic acids is 1. The first-order chi connectivity index (χ1) is 14.1. The molecule has 0 bridgehead atoms. The number of amides is 1. The summed E-state index contributed by atoms with van der Waals surface area (Å²) >= 11 is 1.07. The van der Waals surface area contributed by atoms with E-state index in [4.69, 9.17) is 5.84 Å². The molecule has 1 aromatic heterocycles. The summed E-state index contributed by atoms with van der Waals surface area (Å²) in [5.74, 6) is 4.72. The highest BCUT2D eigenvalue weighted by Gasteiger charge is 2.21. The first kappa shape index (κ1) is 21.8. The van der Waals surface area contributed by atoms with E-state index < -0.39 is 22.8 Å². The molecule has 0 aliphatic heterocycles. The highest BCUT2D eigenvalue weighted by atomic mass is 32.2. The minimum Gasteiger partial charge on any atom is -0.335 e.